The van der Waals surface area contributed by atoms with Gasteiger partial charge in [-0.25, -0.2) is 18.2 Å². The van der Waals surface area contributed by atoms with Crippen molar-refractivity contribution in [1.29, 1.82) is 0 Å². The zero-order valence-electron chi connectivity index (χ0n) is 6.12. The lowest BCUT2D eigenvalue weighted by molar-refractivity contribution is 2.03. The molecule has 0 N–H and O–H groups in total. The standard InChI is InChI=1S/C10H9P/c1-2-6-9(5-1)11-10-7-3-4-8-10/h1-8,11H/q-2. The lowest BCUT2D eigenvalue weighted by Gasteiger charge is -2.05. The molecular formula is C10H9P-2. The largest absolute Gasteiger partial charge is 0.213 e. The number of hydrogen-bond donors (Lipinski definition) is 0. The summed E-state index contributed by atoms with van der Waals surface area (Å²) in [5.41, 5.74) is 0. The molecule has 2 rings (SSSR count). The van der Waals surface area contributed by atoms with Gasteiger partial charge in [0, 0.05) is 0 Å². The first-order valence-corrected chi connectivity index (χ1v) is 4.65. The van der Waals surface area contributed by atoms with Crippen molar-refractivity contribution < 1.29 is 0 Å². The minimum Gasteiger partial charge on any atom is -0.213 e. The van der Waals surface area contributed by atoms with Gasteiger partial charge in [0.15, 0.2) is 0 Å². The molecule has 0 spiro atoms. The lowest BCUT2D eigenvalue weighted by Crippen LogP contribution is -1.96. The molecule has 0 amide bonds. The highest BCUT2D eigenvalue weighted by atomic mass is 31.1. The summed E-state index contributed by atoms with van der Waals surface area (Å²) in [6, 6.07) is 17.0. The van der Waals surface area contributed by atoms with E-state index in [2.05, 4.69) is 48.5 Å². The van der Waals surface area contributed by atoms with Crippen molar-refractivity contribution in [2.24, 2.45) is 0 Å². The monoisotopic (exact) mass is 160 g/mol. The van der Waals surface area contributed by atoms with Crippen LogP contribution in [0.15, 0.2) is 48.5 Å². The van der Waals surface area contributed by atoms with E-state index in [4.69, 9.17) is 0 Å². The van der Waals surface area contributed by atoms with E-state index in [0.717, 1.165) is 8.58 Å². The summed E-state index contributed by atoms with van der Waals surface area (Å²) < 4.78 is 0. The van der Waals surface area contributed by atoms with Crippen LogP contribution in [0.3, 0.4) is 0 Å². The third kappa shape index (κ3) is 1.58. The van der Waals surface area contributed by atoms with Crippen LogP contribution < -0.4 is 10.6 Å². The highest BCUT2D eigenvalue weighted by Crippen LogP contribution is 2.09. The maximum absolute atomic E-state index is 2.17. The Balaban J connectivity index is 2.14. The second-order valence-electron chi connectivity index (χ2n) is 2.47. The van der Waals surface area contributed by atoms with Crippen LogP contribution in [0.25, 0.3) is 0 Å². The minimum atomic E-state index is 0.826. The second-order valence-corrected chi connectivity index (χ2v) is 3.88. The van der Waals surface area contributed by atoms with Crippen LogP contribution in [0.5, 0.6) is 0 Å². The van der Waals surface area contributed by atoms with Gasteiger partial charge >= 0.3 is 0 Å². The summed E-state index contributed by atoms with van der Waals surface area (Å²) in [5, 5.41) is 2.85. The van der Waals surface area contributed by atoms with Gasteiger partial charge in [-0.15, -0.1) is 0 Å². The van der Waals surface area contributed by atoms with E-state index in [0.29, 0.717) is 0 Å². The predicted molar refractivity (Wildman–Crippen MR) is 51.7 cm³/mol. The summed E-state index contributed by atoms with van der Waals surface area (Å²) in [7, 11) is 0.826. The molecule has 11 heavy (non-hydrogen) atoms. The van der Waals surface area contributed by atoms with Crippen LogP contribution in [-0.2, 0) is 0 Å². The van der Waals surface area contributed by atoms with E-state index >= 15 is 0 Å². The summed E-state index contributed by atoms with van der Waals surface area (Å²) in [6.07, 6.45) is 0. The molecule has 1 heteroatoms. The first-order valence-electron chi connectivity index (χ1n) is 3.65. The van der Waals surface area contributed by atoms with Crippen LogP contribution in [0, 0.1) is 0 Å². The Morgan fingerprint density at radius 1 is 1.18 bits per heavy atom. The molecule has 0 saturated heterocycles. The fourth-order valence-corrected chi connectivity index (χ4v) is 2.13. The second kappa shape index (κ2) is 3.02. The van der Waals surface area contributed by atoms with Gasteiger partial charge in [-0.05, 0) is 0 Å². The Morgan fingerprint density at radius 3 is 2.82 bits per heavy atom. The molecule has 0 heterocycles. The Hall–Kier alpha value is -0.870. The van der Waals surface area contributed by atoms with Gasteiger partial charge in [0.25, 0.3) is 0 Å². The maximum Gasteiger partial charge on any atom is -0.155 e. The van der Waals surface area contributed by atoms with Crippen molar-refractivity contribution in [2.75, 3.05) is 0 Å². The Labute approximate surface area is 68.4 Å². The average Bonchev–Trinajstić information content (AvgIpc) is 2.60. The predicted octanol–water partition coefficient (Wildman–Crippen LogP) is 1.75. The molecule has 0 fully saturated rings. The molecule has 0 aromatic heterocycles. The molecule has 0 radical (unpaired) electrons. The fraction of sp³-hybridized carbons (Fsp3) is 0. The number of rotatable bonds is 2. The van der Waals surface area contributed by atoms with E-state index in [1.54, 1.807) is 0 Å². The smallest absolute Gasteiger partial charge is 0.155 e. The van der Waals surface area contributed by atoms with Gasteiger partial charge in [-0.1, -0.05) is 0 Å². The zero-order valence-corrected chi connectivity index (χ0v) is 7.12. The molecule has 0 aliphatic rings. The third-order valence-corrected chi connectivity index (χ3v) is 2.86. The zero-order chi connectivity index (χ0) is 7.52. The van der Waals surface area contributed by atoms with Gasteiger partial charge in [-0.3, -0.25) is 0 Å². The van der Waals surface area contributed by atoms with Gasteiger partial charge in [0.1, 0.15) is 0 Å². The van der Waals surface area contributed by atoms with Crippen molar-refractivity contribution in [3.05, 3.63) is 48.5 Å². The topological polar surface area (TPSA) is 0 Å². The lowest BCUT2D eigenvalue weighted by atomic mass is 10.7. The third-order valence-electron chi connectivity index (χ3n) is 1.61. The quantitative estimate of drug-likeness (QED) is 0.464. The molecule has 0 atom stereocenters. The van der Waals surface area contributed by atoms with Crippen molar-refractivity contribution in [3.63, 3.8) is 0 Å². The van der Waals surface area contributed by atoms with Gasteiger partial charge in [-0.2, -0.15) is 49.5 Å². The summed E-state index contributed by atoms with van der Waals surface area (Å²) in [5.74, 6) is 0. The van der Waals surface area contributed by atoms with Crippen LogP contribution in [0.2, 0.25) is 0 Å². The van der Waals surface area contributed by atoms with Crippen molar-refractivity contribution in [2.45, 2.75) is 0 Å². The van der Waals surface area contributed by atoms with E-state index in [9.17, 15) is 0 Å². The molecule has 2 aromatic rings. The van der Waals surface area contributed by atoms with Gasteiger partial charge < -0.3 is 0 Å². The first kappa shape index (κ1) is 6.82. The highest BCUT2D eigenvalue weighted by Gasteiger charge is 1.81. The molecule has 56 valence electrons. The maximum atomic E-state index is 2.17. The van der Waals surface area contributed by atoms with Gasteiger partial charge in [0.2, 0.25) is 0 Å². The van der Waals surface area contributed by atoms with Crippen molar-refractivity contribution in [1.82, 2.24) is 0 Å². The summed E-state index contributed by atoms with van der Waals surface area (Å²) in [6.45, 7) is 0. The molecular weight excluding hydrogens is 151 g/mol. The van der Waals surface area contributed by atoms with Crippen molar-refractivity contribution in [3.8, 4) is 0 Å². The van der Waals surface area contributed by atoms with Crippen molar-refractivity contribution >= 4 is 19.2 Å². The highest BCUT2D eigenvalue weighted by molar-refractivity contribution is 7.55. The summed E-state index contributed by atoms with van der Waals surface area (Å²) >= 11 is 0. The fourth-order valence-electron chi connectivity index (χ4n) is 1.08. The Kier molecular flexibility index (Phi) is 1.87. The van der Waals surface area contributed by atoms with E-state index in [1.807, 2.05) is 0 Å². The van der Waals surface area contributed by atoms with E-state index in [1.165, 1.54) is 10.6 Å². The molecule has 2 aromatic carbocycles. The normalized spacial score (nSPS) is 11.3. The molecule has 0 saturated carbocycles. The minimum absolute atomic E-state index is 0.826. The molecule has 0 nitrogen and oxygen atoms in total. The average molecular weight is 160 g/mol. The number of hydrogen-bond acceptors (Lipinski definition) is 0. The van der Waals surface area contributed by atoms with Gasteiger partial charge in [0.05, 0.1) is 0 Å². The molecule has 0 bridgehead atoms. The molecule has 0 aliphatic heterocycles. The van der Waals surface area contributed by atoms with E-state index < -0.39 is 0 Å². The van der Waals surface area contributed by atoms with Crippen LogP contribution in [0.1, 0.15) is 0 Å². The Morgan fingerprint density at radius 2 is 2.18 bits per heavy atom. The summed E-state index contributed by atoms with van der Waals surface area (Å²) in [4.78, 5) is 0. The SMILES string of the molecule is c1c[cH-]c(Pc2cc[cH-]c2)c1. The first-order chi connectivity index (χ1) is 5.45. The van der Waals surface area contributed by atoms with E-state index in [-0.39, 0.29) is 0 Å². The molecule has 0 unspecified atom stereocenters. The van der Waals surface area contributed by atoms with Crippen LogP contribution >= 0.6 is 8.58 Å². The Bertz CT molecular complexity index is 257. The van der Waals surface area contributed by atoms with Crippen LogP contribution in [0.4, 0.5) is 0 Å². The van der Waals surface area contributed by atoms with Crippen LogP contribution in [-0.4, -0.2) is 0 Å². The molecule has 0 aliphatic carbocycles.